The zero-order chi connectivity index (χ0) is 21.8. The molecule has 1 aliphatic rings. The summed E-state index contributed by atoms with van der Waals surface area (Å²) in [6.07, 6.45) is 2.87. The van der Waals surface area contributed by atoms with Crippen LogP contribution in [0.1, 0.15) is 5.56 Å². The summed E-state index contributed by atoms with van der Waals surface area (Å²) in [5.41, 5.74) is 3.58. The fraction of sp³-hybridized carbons (Fsp3) is 0.304. The molecule has 1 aliphatic heterocycles. The molecule has 0 bridgehead atoms. The zero-order valence-electron chi connectivity index (χ0n) is 17.8. The third kappa shape index (κ3) is 5.66. The fourth-order valence-electron chi connectivity index (χ4n) is 3.55. The second kappa shape index (κ2) is 9.13. The molecule has 0 unspecified atom stereocenters. The largest absolute Gasteiger partial charge is 0.324 e. The van der Waals surface area contributed by atoms with Crippen LogP contribution in [0.15, 0.2) is 65.7 Å². The molecule has 0 radical (unpaired) electrons. The van der Waals surface area contributed by atoms with Crippen LogP contribution in [0.25, 0.3) is 11.3 Å². The van der Waals surface area contributed by atoms with Crippen molar-refractivity contribution in [2.24, 2.45) is 0 Å². The number of nitrogens with one attached hydrogen (secondary N) is 1. The van der Waals surface area contributed by atoms with E-state index in [0.717, 1.165) is 44.0 Å². The number of sulfone groups is 1. The average molecular weight is 438 g/mol. The Morgan fingerprint density at radius 1 is 1.00 bits per heavy atom. The first-order valence-corrected chi connectivity index (χ1v) is 12.2. The highest BCUT2D eigenvalue weighted by molar-refractivity contribution is 7.90. The van der Waals surface area contributed by atoms with Crippen molar-refractivity contribution >= 4 is 21.5 Å². The first kappa shape index (κ1) is 21.4. The van der Waals surface area contributed by atoms with E-state index in [-0.39, 0.29) is 4.90 Å². The minimum Gasteiger partial charge on any atom is -0.324 e. The summed E-state index contributed by atoms with van der Waals surface area (Å²) in [7, 11) is -1.11. The average Bonchev–Trinajstić information content (AvgIpc) is 2.76. The number of likely N-dealkylation sites (N-methyl/N-ethyl adjacent to an activating group) is 1. The number of nitrogens with zero attached hydrogens (tertiary/aromatic N) is 4. The number of benzene rings is 2. The van der Waals surface area contributed by atoms with Gasteiger partial charge in [0.05, 0.1) is 10.6 Å². The lowest BCUT2D eigenvalue weighted by atomic mass is 10.1. The molecule has 31 heavy (non-hydrogen) atoms. The molecule has 7 nitrogen and oxygen atoms in total. The van der Waals surface area contributed by atoms with Gasteiger partial charge in [0.2, 0.25) is 5.95 Å². The van der Waals surface area contributed by atoms with Gasteiger partial charge >= 0.3 is 0 Å². The first-order chi connectivity index (χ1) is 14.9. The highest BCUT2D eigenvalue weighted by Gasteiger charge is 2.14. The van der Waals surface area contributed by atoms with Crippen LogP contribution in [0.4, 0.5) is 11.6 Å². The van der Waals surface area contributed by atoms with Gasteiger partial charge in [-0.1, -0.05) is 24.3 Å². The molecular formula is C23H27N5O2S. The van der Waals surface area contributed by atoms with Gasteiger partial charge in [-0.05, 0) is 42.9 Å². The minimum absolute atomic E-state index is 0.272. The molecule has 0 spiro atoms. The van der Waals surface area contributed by atoms with Crippen molar-refractivity contribution in [3.63, 3.8) is 0 Å². The molecule has 4 rings (SSSR count). The fourth-order valence-corrected chi connectivity index (χ4v) is 4.22. The molecule has 0 saturated carbocycles. The van der Waals surface area contributed by atoms with Crippen LogP contribution in [0, 0.1) is 0 Å². The zero-order valence-corrected chi connectivity index (χ0v) is 18.6. The van der Waals surface area contributed by atoms with Gasteiger partial charge in [0.15, 0.2) is 9.84 Å². The van der Waals surface area contributed by atoms with Crippen molar-refractivity contribution in [1.29, 1.82) is 0 Å². The van der Waals surface area contributed by atoms with Gasteiger partial charge in [-0.2, -0.15) is 0 Å². The smallest absolute Gasteiger partial charge is 0.227 e. The van der Waals surface area contributed by atoms with Crippen LogP contribution in [0.5, 0.6) is 0 Å². The molecule has 1 saturated heterocycles. The van der Waals surface area contributed by atoms with Gasteiger partial charge in [-0.3, -0.25) is 4.90 Å². The van der Waals surface area contributed by atoms with Gasteiger partial charge in [0, 0.05) is 56.4 Å². The molecule has 2 heterocycles. The van der Waals surface area contributed by atoms with E-state index in [4.69, 9.17) is 0 Å². The Labute approximate surface area is 183 Å². The van der Waals surface area contributed by atoms with E-state index >= 15 is 0 Å². The molecule has 1 N–H and O–H groups in total. The molecule has 0 atom stereocenters. The molecule has 162 valence electrons. The predicted octanol–water partition coefficient (Wildman–Crippen LogP) is 3.04. The van der Waals surface area contributed by atoms with Gasteiger partial charge in [-0.25, -0.2) is 18.4 Å². The summed E-state index contributed by atoms with van der Waals surface area (Å²) in [4.78, 5) is 14.0. The summed E-state index contributed by atoms with van der Waals surface area (Å²) in [6.45, 7) is 5.37. The normalized spacial score (nSPS) is 15.7. The Morgan fingerprint density at radius 2 is 1.74 bits per heavy atom. The molecule has 0 aliphatic carbocycles. The Hall–Kier alpha value is -2.81. The predicted molar refractivity (Wildman–Crippen MR) is 123 cm³/mol. The Kier molecular flexibility index (Phi) is 6.31. The van der Waals surface area contributed by atoms with Crippen LogP contribution in [-0.4, -0.2) is 67.7 Å². The molecule has 8 heteroatoms. The molecule has 3 aromatic rings. The maximum atomic E-state index is 11.8. The van der Waals surface area contributed by atoms with Crippen LogP contribution < -0.4 is 5.32 Å². The number of hydrogen-bond acceptors (Lipinski definition) is 7. The lowest BCUT2D eigenvalue weighted by Crippen LogP contribution is -2.43. The first-order valence-electron chi connectivity index (χ1n) is 10.3. The highest BCUT2D eigenvalue weighted by atomic mass is 32.2. The van der Waals surface area contributed by atoms with Crippen molar-refractivity contribution in [3.8, 4) is 11.3 Å². The van der Waals surface area contributed by atoms with E-state index in [9.17, 15) is 8.42 Å². The number of piperazine rings is 1. The van der Waals surface area contributed by atoms with E-state index in [1.807, 2.05) is 18.2 Å². The standard InChI is InChI=1S/C23H27N5O2S/c1-27-12-14-28(15-13-27)17-18-6-8-20(9-7-18)25-23-24-11-10-22(26-23)19-4-3-5-21(16-19)31(2,29)30/h3-11,16H,12-15,17H2,1-2H3,(H,24,25,26). The SMILES string of the molecule is CN1CCN(Cc2ccc(Nc3nccc(-c4cccc(S(C)(=O)=O)c4)n3)cc2)CC1. The monoisotopic (exact) mass is 437 g/mol. The minimum atomic E-state index is -3.27. The maximum Gasteiger partial charge on any atom is 0.227 e. The second-order valence-electron chi connectivity index (χ2n) is 7.97. The van der Waals surface area contributed by atoms with Gasteiger partial charge in [-0.15, -0.1) is 0 Å². The van der Waals surface area contributed by atoms with Crippen LogP contribution >= 0.6 is 0 Å². The van der Waals surface area contributed by atoms with Crippen molar-refractivity contribution in [2.45, 2.75) is 11.4 Å². The second-order valence-corrected chi connectivity index (χ2v) is 9.98. The quantitative estimate of drug-likeness (QED) is 0.635. The van der Waals surface area contributed by atoms with Gasteiger partial charge < -0.3 is 10.2 Å². The Morgan fingerprint density at radius 3 is 2.45 bits per heavy atom. The van der Waals surface area contributed by atoms with E-state index in [2.05, 4.69) is 44.3 Å². The van der Waals surface area contributed by atoms with E-state index in [1.165, 1.54) is 11.8 Å². The lowest BCUT2D eigenvalue weighted by Gasteiger charge is -2.32. The van der Waals surface area contributed by atoms with Crippen LogP contribution in [0.2, 0.25) is 0 Å². The van der Waals surface area contributed by atoms with E-state index in [1.54, 1.807) is 30.5 Å². The van der Waals surface area contributed by atoms with E-state index < -0.39 is 9.84 Å². The third-order valence-corrected chi connectivity index (χ3v) is 6.54. The number of rotatable bonds is 6. The molecular weight excluding hydrogens is 410 g/mol. The highest BCUT2D eigenvalue weighted by Crippen LogP contribution is 2.22. The number of aromatic nitrogens is 2. The molecule has 1 fully saturated rings. The third-order valence-electron chi connectivity index (χ3n) is 5.43. The topological polar surface area (TPSA) is 78.4 Å². The number of anilines is 2. The van der Waals surface area contributed by atoms with Gasteiger partial charge in [0.1, 0.15) is 0 Å². The molecule has 0 amide bonds. The van der Waals surface area contributed by atoms with Crippen LogP contribution in [0.3, 0.4) is 0 Å². The molecule has 1 aromatic heterocycles. The summed E-state index contributed by atoms with van der Waals surface area (Å²) in [5.74, 6) is 0.467. The van der Waals surface area contributed by atoms with Crippen LogP contribution in [-0.2, 0) is 16.4 Å². The van der Waals surface area contributed by atoms with Crippen molar-refractivity contribution in [3.05, 3.63) is 66.4 Å². The Bertz CT molecular complexity index is 1140. The summed E-state index contributed by atoms with van der Waals surface area (Å²) in [5, 5.41) is 3.23. The van der Waals surface area contributed by atoms with Crippen molar-refractivity contribution in [2.75, 3.05) is 44.8 Å². The molecule has 2 aromatic carbocycles. The lowest BCUT2D eigenvalue weighted by molar-refractivity contribution is 0.148. The van der Waals surface area contributed by atoms with Crippen molar-refractivity contribution < 1.29 is 8.42 Å². The van der Waals surface area contributed by atoms with Crippen molar-refractivity contribution in [1.82, 2.24) is 19.8 Å². The van der Waals surface area contributed by atoms with E-state index in [0.29, 0.717) is 11.6 Å². The summed E-state index contributed by atoms with van der Waals surface area (Å²) >= 11 is 0. The number of hydrogen-bond donors (Lipinski definition) is 1. The van der Waals surface area contributed by atoms with Gasteiger partial charge in [0.25, 0.3) is 0 Å². The summed E-state index contributed by atoms with van der Waals surface area (Å²) < 4.78 is 23.7. The maximum absolute atomic E-state index is 11.8. The Balaban J connectivity index is 1.44. The summed E-state index contributed by atoms with van der Waals surface area (Å²) in [6, 6.07) is 16.9.